The highest BCUT2D eigenvalue weighted by Crippen LogP contribution is 1.90. The predicted octanol–water partition coefficient (Wildman–Crippen LogP) is -0.0535. The van der Waals surface area contributed by atoms with Crippen LogP contribution in [0.1, 0.15) is 13.3 Å². The Kier molecular flexibility index (Phi) is 11.3. The van der Waals surface area contributed by atoms with E-state index in [-0.39, 0.29) is 6.61 Å². The lowest BCUT2D eigenvalue weighted by molar-refractivity contribution is -0.146. The fraction of sp³-hybridized carbons (Fsp3) is 0.909. The quantitative estimate of drug-likeness (QED) is 0.408. The van der Waals surface area contributed by atoms with Crippen molar-refractivity contribution >= 4 is 5.97 Å². The third kappa shape index (κ3) is 10.2. The molecule has 0 fully saturated rings. The van der Waals surface area contributed by atoms with Gasteiger partial charge in [-0.3, -0.25) is 4.79 Å². The smallest absolute Gasteiger partial charge is 0.325 e. The Balaban J connectivity index is 3.24. The average molecular weight is 249 g/mol. The van der Waals surface area contributed by atoms with Crippen LogP contribution in [0, 0.1) is 0 Å². The van der Waals surface area contributed by atoms with E-state index in [0.29, 0.717) is 33.0 Å². The molecule has 0 aromatic rings. The third-order valence-electron chi connectivity index (χ3n) is 1.90. The summed E-state index contributed by atoms with van der Waals surface area (Å²) >= 11 is 0. The van der Waals surface area contributed by atoms with Gasteiger partial charge in [-0.2, -0.15) is 0 Å². The van der Waals surface area contributed by atoms with Crippen LogP contribution in [-0.2, 0) is 23.7 Å². The van der Waals surface area contributed by atoms with E-state index in [9.17, 15) is 4.79 Å². The standard InChI is InChI=1S/C11H23NO5/c1-3-17-11(13)10(12)9-16-6-4-5-15-8-7-14-2/h10H,3-9,12H2,1-2H3. The minimum absolute atomic E-state index is 0.177. The van der Waals surface area contributed by atoms with Crippen LogP contribution in [0.2, 0.25) is 0 Å². The molecule has 102 valence electrons. The number of rotatable bonds is 11. The van der Waals surface area contributed by atoms with Crippen molar-refractivity contribution in [2.24, 2.45) is 5.73 Å². The first-order valence-electron chi connectivity index (χ1n) is 5.79. The van der Waals surface area contributed by atoms with Crippen LogP contribution in [0.15, 0.2) is 0 Å². The third-order valence-corrected chi connectivity index (χ3v) is 1.90. The van der Waals surface area contributed by atoms with Gasteiger partial charge in [0.25, 0.3) is 0 Å². The second-order valence-electron chi connectivity index (χ2n) is 3.39. The maximum atomic E-state index is 11.1. The number of hydrogen-bond donors (Lipinski definition) is 1. The highest BCUT2D eigenvalue weighted by Gasteiger charge is 2.13. The van der Waals surface area contributed by atoms with Crippen molar-refractivity contribution in [3.63, 3.8) is 0 Å². The summed E-state index contributed by atoms with van der Waals surface area (Å²) in [6, 6.07) is -0.704. The molecule has 0 saturated carbocycles. The maximum absolute atomic E-state index is 11.1. The lowest BCUT2D eigenvalue weighted by Gasteiger charge is -2.11. The molecule has 0 rings (SSSR count). The number of nitrogens with two attached hydrogens (primary N) is 1. The van der Waals surface area contributed by atoms with Crippen LogP contribution in [0.3, 0.4) is 0 Å². The number of hydrogen-bond acceptors (Lipinski definition) is 6. The molecule has 0 amide bonds. The number of ether oxygens (including phenoxy) is 4. The van der Waals surface area contributed by atoms with Gasteiger partial charge in [0.1, 0.15) is 6.04 Å². The second kappa shape index (κ2) is 11.8. The summed E-state index contributed by atoms with van der Waals surface area (Å²) < 4.78 is 20.0. The molecule has 0 aromatic heterocycles. The monoisotopic (exact) mass is 249 g/mol. The van der Waals surface area contributed by atoms with E-state index >= 15 is 0 Å². The molecule has 0 heterocycles. The zero-order valence-corrected chi connectivity index (χ0v) is 10.6. The molecule has 0 bridgehead atoms. The van der Waals surface area contributed by atoms with E-state index in [0.717, 1.165) is 6.42 Å². The Hall–Kier alpha value is -0.690. The van der Waals surface area contributed by atoms with E-state index in [1.807, 2.05) is 0 Å². The molecule has 0 radical (unpaired) electrons. The molecule has 0 aliphatic heterocycles. The molecule has 1 atom stereocenters. The zero-order valence-electron chi connectivity index (χ0n) is 10.6. The van der Waals surface area contributed by atoms with Crippen LogP contribution >= 0.6 is 0 Å². The van der Waals surface area contributed by atoms with E-state index < -0.39 is 12.0 Å². The first-order valence-corrected chi connectivity index (χ1v) is 5.79. The summed E-state index contributed by atoms with van der Waals surface area (Å²) in [4.78, 5) is 11.1. The summed E-state index contributed by atoms with van der Waals surface area (Å²) in [7, 11) is 1.63. The van der Waals surface area contributed by atoms with Crippen molar-refractivity contribution in [2.45, 2.75) is 19.4 Å². The Morgan fingerprint density at radius 2 is 1.88 bits per heavy atom. The van der Waals surface area contributed by atoms with Crippen LogP contribution in [0.5, 0.6) is 0 Å². The molecule has 0 aromatic carbocycles. The first kappa shape index (κ1) is 16.3. The fourth-order valence-electron chi connectivity index (χ4n) is 1.04. The molecule has 17 heavy (non-hydrogen) atoms. The van der Waals surface area contributed by atoms with Crippen molar-refractivity contribution in [3.05, 3.63) is 0 Å². The highest BCUT2D eigenvalue weighted by molar-refractivity contribution is 5.75. The lowest BCUT2D eigenvalue weighted by atomic mass is 10.3. The zero-order chi connectivity index (χ0) is 12.9. The van der Waals surface area contributed by atoms with Crippen molar-refractivity contribution in [1.29, 1.82) is 0 Å². The lowest BCUT2D eigenvalue weighted by Crippen LogP contribution is -2.36. The number of methoxy groups -OCH3 is 1. The summed E-state index contributed by atoms with van der Waals surface area (Å²) in [5.41, 5.74) is 5.54. The van der Waals surface area contributed by atoms with Gasteiger partial charge in [-0.15, -0.1) is 0 Å². The minimum Gasteiger partial charge on any atom is -0.465 e. The molecule has 6 nitrogen and oxygen atoms in total. The van der Waals surface area contributed by atoms with E-state index in [1.54, 1.807) is 14.0 Å². The summed E-state index contributed by atoms with van der Waals surface area (Å²) in [5.74, 6) is -0.427. The minimum atomic E-state index is -0.704. The van der Waals surface area contributed by atoms with Gasteiger partial charge in [0, 0.05) is 20.3 Å². The molecular weight excluding hydrogens is 226 g/mol. The topological polar surface area (TPSA) is 80.0 Å². The van der Waals surface area contributed by atoms with E-state index in [1.165, 1.54) is 0 Å². The van der Waals surface area contributed by atoms with Gasteiger partial charge in [-0.05, 0) is 13.3 Å². The maximum Gasteiger partial charge on any atom is 0.325 e. The molecule has 1 unspecified atom stereocenters. The van der Waals surface area contributed by atoms with Gasteiger partial charge >= 0.3 is 5.97 Å². The van der Waals surface area contributed by atoms with Gasteiger partial charge in [0.05, 0.1) is 26.4 Å². The van der Waals surface area contributed by atoms with Gasteiger partial charge in [0.2, 0.25) is 0 Å². The van der Waals surface area contributed by atoms with Gasteiger partial charge < -0.3 is 24.7 Å². The number of carbonyl (C=O) groups excluding carboxylic acids is 1. The Bertz CT molecular complexity index is 189. The first-order chi connectivity index (χ1) is 8.22. The largest absolute Gasteiger partial charge is 0.465 e. The van der Waals surface area contributed by atoms with Gasteiger partial charge in [-0.25, -0.2) is 0 Å². The van der Waals surface area contributed by atoms with Crippen molar-refractivity contribution in [1.82, 2.24) is 0 Å². The van der Waals surface area contributed by atoms with Crippen molar-refractivity contribution in [2.75, 3.05) is 46.8 Å². The predicted molar refractivity (Wildman–Crippen MR) is 62.7 cm³/mol. The van der Waals surface area contributed by atoms with Crippen LogP contribution < -0.4 is 5.73 Å². The molecule has 0 spiro atoms. The summed E-state index contributed by atoms with van der Waals surface area (Å²) in [5, 5.41) is 0. The summed E-state index contributed by atoms with van der Waals surface area (Å²) in [6.45, 7) is 4.55. The SMILES string of the molecule is CCOC(=O)C(N)COCCCOCCOC. The van der Waals surface area contributed by atoms with Crippen LogP contribution in [0.25, 0.3) is 0 Å². The molecular formula is C11H23NO5. The van der Waals surface area contributed by atoms with Crippen LogP contribution in [-0.4, -0.2) is 58.8 Å². The van der Waals surface area contributed by atoms with E-state index in [2.05, 4.69) is 0 Å². The number of esters is 1. The average Bonchev–Trinajstić information content (AvgIpc) is 2.32. The van der Waals surface area contributed by atoms with Crippen molar-refractivity contribution < 1.29 is 23.7 Å². The van der Waals surface area contributed by atoms with Gasteiger partial charge in [0.15, 0.2) is 0 Å². The Labute approximate surface area is 102 Å². The molecule has 2 N–H and O–H groups in total. The highest BCUT2D eigenvalue weighted by atomic mass is 16.5. The molecule has 0 aliphatic carbocycles. The Morgan fingerprint density at radius 1 is 1.18 bits per heavy atom. The fourth-order valence-corrected chi connectivity index (χ4v) is 1.04. The normalized spacial score (nSPS) is 12.4. The number of carbonyl (C=O) groups is 1. The van der Waals surface area contributed by atoms with Crippen LogP contribution in [0.4, 0.5) is 0 Å². The van der Waals surface area contributed by atoms with Gasteiger partial charge in [-0.1, -0.05) is 0 Å². The van der Waals surface area contributed by atoms with Crippen molar-refractivity contribution in [3.8, 4) is 0 Å². The second-order valence-corrected chi connectivity index (χ2v) is 3.39. The summed E-state index contributed by atoms with van der Waals surface area (Å²) in [6.07, 6.45) is 0.763. The molecule has 0 aliphatic rings. The molecule has 0 saturated heterocycles. The molecule has 6 heteroatoms. The van der Waals surface area contributed by atoms with E-state index in [4.69, 9.17) is 24.7 Å². The Morgan fingerprint density at radius 3 is 2.53 bits per heavy atom.